The summed E-state index contributed by atoms with van der Waals surface area (Å²) in [7, 11) is 0. The van der Waals surface area contributed by atoms with E-state index in [1.807, 2.05) is 0 Å². The second-order valence-electron chi connectivity index (χ2n) is 2.88. The Balaban J connectivity index is 3.13. The van der Waals surface area contributed by atoms with E-state index in [0.29, 0.717) is 16.6 Å². The van der Waals surface area contributed by atoms with Crippen molar-refractivity contribution in [1.29, 1.82) is 0 Å². The van der Waals surface area contributed by atoms with Crippen LogP contribution in [0.1, 0.15) is 12.5 Å². The first-order chi connectivity index (χ1) is 7.04. The number of hydrogen-bond donors (Lipinski definition) is 1. The van der Waals surface area contributed by atoms with Crippen molar-refractivity contribution < 1.29 is 19.0 Å². The monoisotopic (exact) mass is 276 g/mol. The van der Waals surface area contributed by atoms with E-state index in [2.05, 4.69) is 15.9 Å². The van der Waals surface area contributed by atoms with E-state index in [1.54, 1.807) is 13.0 Å². The smallest absolute Gasteiger partial charge is 0.307 e. The number of carboxylic acids is 1. The molecule has 0 aliphatic carbocycles. The lowest BCUT2D eigenvalue weighted by atomic mass is 10.1. The molecule has 0 aliphatic heterocycles. The molecule has 0 spiro atoms. The summed E-state index contributed by atoms with van der Waals surface area (Å²) >= 11 is 3.10. The van der Waals surface area contributed by atoms with Crippen molar-refractivity contribution >= 4 is 21.9 Å². The van der Waals surface area contributed by atoms with Crippen molar-refractivity contribution in [3.63, 3.8) is 0 Å². The van der Waals surface area contributed by atoms with Gasteiger partial charge in [0, 0.05) is 10.0 Å². The van der Waals surface area contributed by atoms with Gasteiger partial charge in [-0.2, -0.15) is 0 Å². The summed E-state index contributed by atoms with van der Waals surface area (Å²) in [5.41, 5.74) is 0.330. The van der Waals surface area contributed by atoms with Crippen molar-refractivity contribution in [2.75, 3.05) is 6.61 Å². The van der Waals surface area contributed by atoms with Gasteiger partial charge in [0.15, 0.2) is 11.6 Å². The van der Waals surface area contributed by atoms with E-state index in [0.717, 1.165) is 0 Å². The van der Waals surface area contributed by atoms with Crippen molar-refractivity contribution in [3.8, 4) is 5.75 Å². The molecule has 15 heavy (non-hydrogen) atoms. The maximum Gasteiger partial charge on any atom is 0.307 e. The molecule has 1 N–H and O–H groups in total. The number of rotatable bonds is 4. The number of hydrogen-bond acceptors (Lipinski definition) is 2. The maximum atomic E-state index is 13.4. The van der Waals surface area contributed by atoms with Gasteiger partial charge >= 0.3 is 5.97 Å². The summed E-state index contributed by atoms with van der Waals surface area (Å²) in [6, 6.07) is 2.79. The fraction of sp³-hybridized carbons (Fsp3) is 0.300. The number of aliphatic carboxylic acids is 1. The predicted octanol–water partition coefficient (Wildman–Crippen LogP) is 2.61. The van der Waals surface area contributed by atoms with Gasteiger partial charge in [-0.05, 0) is 19.1 Å². The lowest BCUT2D eigenvalue weighted by Crippen LogP contribution is -2.05. The summed E-state index contributed by atoms with van der Waals surface area (Å²) in [4.78, 5) is 10.6. The van der Waals surface area contributed by atoms with Gasteiger partial charge in [0.2, 0.25) is 0 Å². The molecule has 1 rings (SSSR count). The Morgan fingerprint density at radius 2 is 2.27 bits per heavy atom. The van der Waals surface area contributed by atoms with Crippen LogP contribution in [0.3, 0.4) is 0 Å². The first kappa shape index (κ1) is 12.0. The Morgan fingerprint density at radius 1 is 1.60 bits per heavy atom. The van der Waals surface area contributed by atoms with E-state index in [4.69, 9.17) is 9.84 Å². The van der Waals surface area contributed by atoms with Gasteiger partial charge in [0.25, 0.3) is 0 Å². The van der Waals surface area contributed by atoms with E-state index < -0.39 is 11.8 Å². The molecule has 0 heterocycles. The van der Waals surface area contributed by atoms with Gasteiger partial charge < -0.3 is 9.84 Å². The molecular formula is C10H10BrFO3. The third-order valence-electron chi connectivity index (χ3n) is 1.72. The highest BCUT2D eigenvalue weighted by Gasteiger charge is 2.13. The minimum atomic E-state index is -1.02. The molecule has 0 amide bonds. The van der Waals surface area contributed by atoms with Crippen LogP contribution < -0.4 is 4.74 Å². The summed E-state index contributed by atoms with van der Waals surface area (Å²) < 4.78 is 19.0. The van der Waals surface area contributed by atoms with Crippen LogP contribution in [0.2, 0.25) is 0 Å². The van der Waals surface area contributed by atoms with E-state index >= 15 is 0 Å². The normalized spacial score (nSPS) is 10.1. The SMILES string of the molecule is CCOc1c(F)cc(Br)cc1CC(=O)O. The highest BCUT2D eigenvalue weighted by molar-refractivity contribution is 9.10. The van der Waals surface area contributed by atoms with E-state index in [1.165, 1.54) is 6.07 Å². The Hall–Kier alpha value is -1.10. The minimum absolute atomic E-state index is 0.0168. The number of carbonyl (C=O) groups is 1. The molecule has 0 bridgehead atoms. The molecule has 3 nitrogen and oxygen atoms in total. The molecule has 0 aliphatic rings. The predicted molar refractivity (Wildman–Crippen MR) is 56.6 cm³/mol. The number of carboxylic acid groups (broad SMARTS) is 1. The molecule has 1 aromatic carbocycles. The molecule has 0 fully saturated rings. The topological polar surface area (TPSA) is 46.5 Å². The lowest BCUT2D eigenvalue weighted by Gasteiger charge is -2.10. The fourth-order valence-electron chi connectivity index (χ4n) is 1.21. The van der Waals surface area contributed by atoms with Crippen molar-refractivity contribution in [2.45, 2.75) is 13.3 Å². The highest BCUT2D eigenvalue weighted by Crippen LogP contribution is 2.27. The average Bonchev–Trinajstić information content (AvgIpc) is 2.10. The van der Waals surface area contributed by atoms with E-state index in [-0.39, 0.29) is 12.2 Å². The van der Waals surface area contributed by atoms with Crippen LogP contribution >= 0.6 is 15.9 Å². The van der Waals surface area contributed by atoms with Gasteiger partial charge in [0.05, 0.1) is 13.0 Å². The second-order valence-corrected chi connectivity index (χ2v) is 3.80. The van der Waals surface area contributed by atoms with Crippen molar-refractivity contribution in [2.24, 2.45) is 0 Å². The molecule has 82 valence electrons. The Morgan fingerprint density at radius 3 is 2.80 bits per heavy atom. The van der Waals surface area contributed by atoms with E-state index in [9.17, 15) is 9.18 Å². The number of ether oxygens (including phenoxy) is 1. The van der Waals surface area contributed by atoms with Crippen LogP contribution in [0.4, 0.5) is 4.39 Å². The van der Waals surface area contributed by atoms with Gasteiger partial charge in [0.1, 0.15) is 0 Å². The van der Waals surface area contributed by atoms with Gasteiger partial charge in [-0.1, -0.05) is 15.9 Å². The molecule has 0 atom stereocenters. The number of benzene rings is 1. The van der Waals surface area contributed by atoms with Crippen LogP contribution in [0.25, 0.3) is 0 Å². The zero-order valence-electron chi connectivity index (χ0n) is 8.09. The highest BCUT2D eigenvalue weighted by atomic mass is 79.9. The zero-order chi connectivity index (χ0) is 11.4. The molecule has 0 aromatic heterocycles. The van der Waals surface area contributed by atoms with Crippen LogP contribution in [0.15, 0.2) is 16.6 Å². The van der Waals surface area contributed by atoms with Gasteiger partial charge in [-0.25, -0.2) is 4.39 Å². The molecule has 0 radical (unpaired) electrons. The first-order valence-corrected chi connectivity index (χ1v) is 5.16. The van der Waals surface area contributed by atoms with Crippen molar-refractivity contribution in [3.05, 3.63) is 28.0 Å². The molecule has 0 saturated heterocycles. The Kier molecular flexibility index (Phi) is 4.08. The quantitative estimate of drug-likeness (QED) is 0.920. The third kappa shape index (κ3) is 3.20. The molecule has 1 aromatic rings. The summed E-state index contributed by atoms with van der Waals surface area (Å²) in [6.45, 7) is 2.01. The van der Waals surface area contributed by atoms with Gasteiger partial charge in [-0.15, -0.1) is 0 Å². The van der Waals surface area contributed by atoms with Crippen LogP contribution in [0.5, 0.6) is 5.75 Å². The Bertz CT molecular complexity index is 379. The molecule has 0 saturated carbocycles. The molecule has 5 heteroatoms. The maximum absolute atomic E-state index is 13.4. The standard InChI is InChI=1S/C10H10BrFO3/c1-2-15-10-6(4-9(13)14)3-7(11)5-8(10)12/h3,5H,2,4H2,1H3,(H,13,14). The summed E-state index contributed by atoms with van der Waals surface area (Å²) in [5.74, 6) is -1.56. The lowest BCUT2D eigenvalue weighted by molar-refractivity contribution is -0.136. The zero-order valence-corrected chi connectivity index (χ0v) is 9.67. The molecule has 0 unspecified atom stereocenters. The van der Waals surface area contributed by atoms with Crippen LogP contribution in [-0.2, 0) is 11.2 Å². The first-order valence-electron chi connectivity index (χ1n) is 4.37. The summed E-state index contributed by atoms with van der Waals surface area (Å²) in [5, 5.41) is 8.65. The third-order valence-corrected chi connectivity index (χ3v) is 2.17. The second kappa shape index (κ2) is 5.11. The summed E-state index contributed by atoms with van der Waals surface area (Å²) in [6.07, 6.45) is -0.258. The van der Waals surface area contributed by atoms with Crippen LogP contribution in [-0.4, -0.2) is 17.7 Å². The Labute approximate surface area is 95.0 Å². The minimum Gasteiger partial charge on any atom is -0.490 e. The number of halogens is 2. The fourth-order valence-corrected chi connectivity index (χ4v) is 1.69. The largest absolute Gasteiger partial charge is 0.490 e. The van der Waals surface area contributed by atoms with Crippen LogP contribution in [0, 0.1) is 5.82 Å². The average molecular weight is 277 g/mol. The van der Waals surface area contributed by atoms with Crippen molar-refractivity contribution in [1.82, 2.24) is 0 Å². The van der Waals surface area contributed by atoms with Gasteiger partial charge in [-0.3, -0.25) is 4.79 Å². The molecular weight excluding hydrogens is 267 g/mol.